The normalized spacial score (nSPS) is 22.6. The molecule has 1 aromatic carbocycles. The molecule has 0 bridgehead atoms. The van der Waals surface area contributed by atoms with Gasteiger partial charge in [0.2, 0.25) is 0 Å². The van der Waals surface area contributed by atoms with Gasteiger partial charge in [-0.15, -0.1) is 0 Å². The smallest absolute Gasteiger partial charge is 0.251 e. The second-order valence-corrected chi connectivity index (χ2v) is 5.35. The molecule has 1 aromatic rings. The maximum absolute atomic E-state index is 12.2. The minimum Gasteiger partial charge on any atom is -0.348 e. The molecule has 3 nitrogen and oxygen atoms in total. The number of piperidine rings is 1. The number of fused-ring (bicyclic) bond motifs is 1. The summed E-state index contributed by atoms with van der Waals surface area (Å²) < 4.78 is 0. The number of benzene rings is 1. The number of aryl methyl sites for hydroxylation is 2. The Labute approximate surface area is 108 Å². The first-order valence-corrected chi connectivity index (χ1v) is 6.96. The van der Waals surface area contributed by atoms with Crippen molar-refractivity contribution in [3.8, 4) is 0 Å². The lowest BCUT2D eigenvalue weighted by Gasteiger charge is -2.23. The van der Waals surface area contributed by atoms with Crippen LogP contribution >= 0.6 is 0 Å². The second-order valence-electron chi connectivity index (χ2n) is 5.35. The summed E-state index contributed by atoms with van der Waals surface area (Å²) >= 11 is 0. The molecule has 1 atom stereocenters. The zero-order chi connectivity index (χ0) is 12.4. The largest absolute Gasteiger partial charge is 0.348 e. The molecule has 1 amide bonds. The van der Waals surface area contributed by atoms with Gasteiger partial charge in [0.15, 0.2) is 0 Å². The van der Waals surface area contributed by atoms with Gasteiger partial charge in [0, 0.05) is 18.2 Å². The van der Waals surface area contributed by atoms with E-state index in [2.05, 4.69) is 22.8 Å². The van der Waals surface area contributed by atoms with E-state index in [0.29, 0.717) is 6.04 Å². The highest BCUT2D eigenvalue weighted by atomic mass is 16.1. The van der Waals surface area contributed by atoms with Gasteiger partial charge in [-0.05, 0) is 61.9 Å². The molecular weight excluding hydrogens is 224 g/mol. The topological polar surface area (TPSA) is 41.1 Å². The van der Waals surface area contributed by atoms with Gasteiger partial charge >= 0.3 is 0 Å². The Bertz CT molecular complexity index is 450. The van der Waals surface area contributed by atoms with E-state index < -0.39 is 0 Å². The first kappa shape index (κ1) is 11.7. The Morgan fingerprint density at radius 3 is 2.94 bits per heavy atom. The van der Waals surface area contributed by atoms with Crippen molar-refractivity contribution in [1.82, 2.24) is 10.6 Å². The zero-order valence-electron chi connectivity index (χ0n) is 10.7. The fourth-order valence-corrected chi connectivity index (χ4v) is 2.96. The standard InChI is InChI=1S/C15H20N2O/c18-15(17-14-5-2-8-16-10-14)13-7-6-11-3-1-4-12(11)9-13/h6-7,9,14,16H,1-5,8,10H2,(H,17,18)/t14-/m0/s1. The van der Waals surface area contributed by atoms with Gasteiger partial charge in [-0.3, -0.25) is 4.79 Å². The van der Waals surface area contributed by atoms with E-state index in [4.69, 9.17) is 0 Å². The van der Waals surface area contributed by atoms with Crippen LogP contribution in [0, 0.1) is 0 Å². The maximum atomic E-state index is 12.2. The van der Waals surface area contributed by atoms with Crippen LogP contribution in [-0.4, -0.2) is 25.0 Å². The molecule has 2 aliphatic rings. The number of hydrogen-bond acceptors (Lipinski definition) is 2. The summed E-state index contributed by atoms with van der Waals surface area (Å²) in [6.45, 7) is 1.97. The Morgan fingerprint density at radius 1 is 1.22 bits per heavy atom. The first-order valence-electron chi connectivity index (χ1n) is 6.96. The highest BCUT2D eigenvalue weighted by molar-refractivity contribution is 5.94. The number of rotatable bonds is 2. The molecule has 1 aliphatic carbocycles. The van der Waals surface area contributed by atoms with Crippen LogP contribution in [0.4, 0.5) is 0 Å². The van der Waals surface area contributed by atoms with Crippen molar-refractivity contribution in [2.24, 2.45) is 0 Å². The van der Waals surface area contributed by atoms with E-state index in [1.807, 2.05) is 6.07 Å². The maximum Gasteiger partial charge on any atom is 0.251 e. The lowest BCUT2D eigenvalue weighted by molar-refractivity contribution is 0.0930. The van der Waals surface area contributed by atoms with Crippen LogP contribution in [0.25, 0.3) is 0 Å². The van der Waals surface area contributed by atoms with E-state index in [9.17, 15) is 4.79 Å². The zero-order valence-corrected chi connectivity index (χ0v) is 10.7. The molecule has 18 heavy (non-hydrogen) atoms. The fraction of sp³-hybridized carbons (Fsp3) is 0.533. The molecule has 1 heterocycles. The molecule has 0 spiro atoms. The molecule has 1 saturated heterocycles. The van der Waals surface area contributed by atoms with Gasteiger partial charge in [-0.25, -0.2) is 0 Å². The molecular formula is C15H20N2O. The fourth-order valence-electron chi connectivity index (χ4n) is 2.96. The number of amides is 1. The molecule has 3 rings (SSSR count). The Kier molecular flexibility index (Phi) is 3.33. The minimum atomic E-state index is 0.0819. The summed E-state index contributed by atoms with van der Waals surface area (Å²) in [6.07, 6.45) is 5.76. The van der Waals surface area contributed by atoms with Gasteiger partial charge in [-0.2, -0.15) is 0 Å². The Morgan fingerprint density at radius 2 is 2.11 bits per heavy atom. The molecule has 0 aromatic heterocycles. The van der Waals surface area contributed by atoms with Crippen LogP contribution in [0.15, 0.2) is 18.2 Å². The second kappa shape index (κ2) is 5.11. The predicted molar refractivity (Wildman–Crippen MR) is 71.8 cm³/mol. The predicted octanol–water partition coefficient (Wildman–Crippen LogP) is 1.66. The van der Waals surface area contributed by atoms with E-state index in [1.165, 1.54) is 24.0 Å². The third-order valence-corrected chi connectivity index (χ3v) is 3.99. The van der Waals surface area contributed by atoms with Crippen LogP contribution in [-0.2, 0) is 12.8 Å². The average molecular weight is 244 g/mol. The monoisotopic (exact) mass is 244 g/mol. The molecule has 1 aliphatic heterocycles. The van der Waals surface area contributed by atoms with Gasteiger partial charge in [0.05, 0.1) is 0 Å². The summed E-state index contributed by atoms with van der Waals surface area (Å²) in [5.74, 6) is 0.0819. The van der Waals surface area contributed by atoms with Crippen molar-refractivity contribution in [2.75, 3.05) is 13.1 Å². The van der Waals surface area contributed by atoms with E-state index in [-0.39, 0.29) is 5.91 Å². The van der Waals surface area contributed by atoms with Crippen molar-refractivity contribution in [3.63, 3.8) is 0 Å². The molecule has 96 valence electrons. The van der Waals surface area contributed by atoms with Crippen LogP contribution in [0.3, 0.4) is 0 Å². The average Bonchev–Trinajstić information content (AvgIpc) is 2.87. The molecule has 1 fully saturated rings. The third-order valence-electron chi connectivity index (χ3n) is 3.99. The quantitative estimate of drug-likeness (QED) is 0.830. The van der Waals surface area contributed by atoms with Crippen LogP contribution in [0.1, 0.15) is 40.7 Å². The lowest BCUT2D eigenvalue weighted by atomic mass is 10.0. The molecule has 0 unspecified atom stereocenters. The van der Waals surface area contributed by atoms with Gasteiger partial charge < -0.3 is 10.6 Å². The molecule has 2 N–H and O–H groups in total. The van der Waals surface area contributed by atoms with Crippen molar-refractivity contribution < 1.29 is 4.79 Å². The number of nitrogens with one attached hydrogen (secondary N) is 2. The van der Waals surface area contributed by atoms with Gasteiger partial charge in [0.25, 0.3) is 5.91 Å². The number of carbonyl (C=O) groups is 1. The van der Waals surface area contributed by atoms with Crippen LogP contribution in [0.2, 0.25) is 0 Å². The summed E-state index contributed by atoms with van der Waals surface area (Å²) in [7, 11) is 0. The highest BCUT2D eigenvalue weighted by Gasteiger charge is 2.18. The SMILES string of the molecule is O=C(N[C@H]1CCCNC1)c1ccc2c(c1)CCC2. The first-order chi connectivity index (χ1) is 8.83. The van der Waals surface area contributed by atoms with E-state index in [1.54, 1.807) is 0 Å². The van der Waals surface area contributed by atoms with Crippen molar-refractivity contribution >= 4 is 5.91 Å². The molecule has 0 radical (unpaired) electrons. The third kappa shape index (κ3) is 2.41. The summed E-state index contributed by atoms with van der Waals surface area (Å²) in [5, 5.41) is 6.44. The Balaban J connectivity index is 1.68. The van der Waals surface area contributed by atoms with E-state index >= 15 is 0 Å². The van der Waals surface area contributed by atoms with Gasteiger partial charge in [0.1, 0.15) is 0 Å². The van der Waals surface area contributed by atoms with Crippen molar-refractivity contribution in [2.45, 2.75) is 38.1 Å². The number of carbonyl (C=O) groups excluding carboxylic acids is 1. The highest BCUT2D eigenvalue weighted by Crippen LogP contribution is 2.22. The summed E-state index contributed by atoms with van der Waals surface area (Å²) in [4.78, 5) is 12.2. The van der Waals surface area contributed by atoms with Crippen molar-refractivity contribution in [3.05, 3.63) is 34.9 Å². The molecule has 3 heteroatoms. The lowest BCUT2D eigenvalue weighted by Crippen LogP contribution is -2.45. The number of hydrogen-bond donors (Lipinski definition) is 2. The summed E-state index contributed by atoms with van der Waals surface area (Å²) in [5.41, 5.74) is 3.61. The summed E-state index contributed by atoms with van der Waals surface area (Å²) in [6, 6.07) is 6.46. The Hall–Kier alpha value is -1.35. The van der Waals surface area contributed by atoms with Gasteiger partial charge in [-0.1, -0.05) is 6.07 Å². The van der Waals surface area contributed by atoms with E-state index in [0.717, 1.165) is 37.9 Å². The minimum absolute atomic E-state index is 0.0819. The van der Waals surface area contributed by atoms with Crippen LogP contribution in [0.5, 0.6) is 0 Å². The molecule has 0 saturated carbocycles. The van der Waals surface area contributed by atoms with Crippen LogP contribution < -0.4 is 10.6 Å². The van der Waals surface area contributed by atoms with Crippen molar-refractivity contribution in [1.29, 1.82) is 0 Å².